The van der Waals surface area contributed by atoms with Gasteiger partial charge in [-0.05, 0) is 20.8 Å². The number of carbonyl (C=O) groups is 1. The Morgan fingerprint density at radius 1 is 1.42 bits per heavy atom. The van der Waals surface area contributed by atoms with Gasteiger partial charge in [0.2, 0.25) is 0 Å². The summed E-state index contributed by atoms with van der Waals surface area (Å²) in [6.45, 7) is 7.47. The normalized spacial score (nSPS) is 12.4. The summed E-state index contributed by atoms with van der Waals surface area (Å²) in [6, 6.07) is 0. The highest BCUT2D eigenvalue weighted by Gasteiger charge is 2.18. The third-order valence-electron chi connectivity index (χ3n) is 2.62. The van der Waals surface area contributed by atoms with Crippen LogP contribution < -0.4 is 0 Å². The van der Waals surface area contributed by atoms with Gasteiger partial charge < -0.3 is 14.2 Å². The van der Waals surface area contributed by atoms with Gasteiger partial charge in [-0.1, -0.05) is 0 Å². The summed E-state index contributed by atoms with van der Waals surface area (Å²) in [7, 11) is 1.77. The molecule has 0 aromatic carbocycles. The molecule has 1 atom stereocenters. The van der Waals surface area contributed by atoms with Crippen LogP contribution in [0, 0.1) is 0 Å². The standard InChI is InChI=1S/C13H22N2O4/c1-5-17-8-10(3)19-9-12-11(7-14-15(12)4)13(16)18-6-2/h7,10H,5-6,8-9H2,1-4H3. The molecule has 0 fully saturated rings. The Balaban J connectivity index is 2.62. The van der Waals surface area contributed by atoms with Gasteiger partial charge in [0.25, 0.3) is 0 Å². The van der Waals surface area contributed by atoms with Crippen LogP contribution in [-0.4, -0.2) is 41.7 Å². The summed E-state index contributed by atoms with van der Waals surface area (Å²) in [4.78, 5) is 11.7. The zero-order chi connectivity index (χ0) is 14.3. The van der Waals surface area contributed by atoms with Crippen LogP contribution >= 0.6 is 0 Å². The Hall–Kier alpha value is -1.40. The van der Waals surface area contributed by atoms with Crippen molar-refractivity contribution in [3.8, 4) is 0 Å². The third-order valence-corrected chi connectivity index (χ3v) is 2.62. The molecule has 0 amide bonds. The van der Waals surface area contributed by atoms with Gasteiger partial charge in [-0.15, -0.1) is 0 Å². The molecule has 19 heavy (non-hydrogen) atoms. The molecule has 0 aliphatic rings. The number of hydrogen-bond acceptors (Lipinski definition) is 5. The summed E-state index contributed by atoms with van der Waals surface area (Å²) in [5, 5.41) is 4.06. The molecule has 1 aromatic rings. The van der Waals surface area contributed by atoms with Crippen molar-refractivity contribution >= 4 is 5.97 Å². The lowest BCUT2D eigenvalue weighted by Crippen LogP contribution is -2.18. The highest BCUT2D eigenvalue weighted by molar-refractivity contribution is 5.90. The predicted octanol–water partition coefficient (Wildman–Crippen LogP) is 1.54. The number of hydrogen-bond donors (Lipinski definition) is 0. The summed E-state index contributed by atoms with van der Waals surface area (Å²) >= 11 is 0. The van der Waals surface area contributed by atoms with Crippen LogP contribution in [0.3, 0.4) is 0 Å². The van der Waals surface area contributed by atoms with E-state index in [9.17, 15) is 4.79 Å². The van der Waals surface area contributed by atoms with Crippen LogP contribution in [0.25, 0.3) is 0 Å². The molecule has 0 bridgehead atoms. The quantitative estimate of drug-likeness (QED) is 0.670. The highest BCUT2D eigenvalue weighted by atomic mass is 16.5. The van der Waals surface area contributed by atoms with Gasteiger partial charge in [-0.2, -0.15) is 5.10 Å². The fourth-order valence-corrected chi connectivity index (χ4v) is 1.57. The van der Waals surface area contributed by atoms with Gasteiger partial charge in [0.15, 0.2) is 0 Å². The summed E-state index contributed by atoms with van der Waals surface area (Å²) in [6.07, 6.45) is 1.47. The zero-order valence-corrected chi connectivity index (χ0v) is 12.0. The first kappa shape index (κ1) is 15.7. The zero-order valence-electron chi connectivity index (χ0n) is 12.0. The van der Waals surface area contributed by atoms with E-state index >= 15 is 0 Å². The molecule has 1 unspecified atom stereocenters. The van der Waals surface area contributed by atoms with Crippen LogP contribution in [0.2, 0.25) is 0 Å². The molecular formula is C13H22N2O4. The average molecular weight is 270 g/mol. The molecule has 1 aromatic heterocycles. The largest absolute Gasteiger partial charge is 0.462 e. The van der Waals surface area contributed by atoms with Gasteiger partial charge in [-0.25, -0.2) is 4.79 Å². The Morgan fingerprint density at radius 2 is 2.16 bits per heavy atom. The Morgan fingerprint density at radius 3 is 2.79 bits per heavy atom. The van der Waals surface area contributed by atoms with Crippen LogP contribution in [0.5, 0.6) is 0 Å². The van der Waals surface area contributed by atoms with E-state index in [1.165, 1.54) is 6.20 Å². The molecule has 0 saturated heterocycles. The molecule has 6 nitrogen and oxygen atoms in total. The first-order valence-corrected chi connectivity index (χ1v) is 6.47. The lowest BCUT2D eigenvalue weighted by atomic mass is 10.2. The minimum Gasteiger partial charge on any atom is -0.462 e. The molecular weight excluding hydrogens is 248 g/mol. The van der Waals surface area contributed by atoms with E-state index in [1.54, 1.807) is 18.7 Å². The SMILES string of the molecule is CCOCC(C)OCc1c(C(=O)OCC)cnn1C. The fraction of sp³-hybridized carbons (Fsp3) is 0.692. The molecule has 0 N–H and O–H groups in total. The number of carbonyl (C=O) groups excluding carboxylic acids is 1. The highest BCUT2D eigenvalue weighted by Crippen LogP contribution is 2.12. The molecule has 0 aliphatic carbocycles. The number of aryl methyl sites for hydroxylation is 1. The van der Waals surface area contributed by atoms with Crippen molar-refractivity contribution in [3.05, 3.63) is 17.5 Å². The molecule has 108 valence electrons. The van der Waals surface area contributed by atoms with Gasteiger partial charge in [-0.3, -0.25) is 4.68 Å². The topological polar surface area (TPSA) is 62.6 Å². The Kier molecular flexibility index (Phi) is 6.52. The van der Waals surface area contributed by atoms with Crippen molar-refractivity contribution in [2.45, 2.75) is 33.5 Å². The monoisotopic (exact) mass is 270 g/mol. The van der Waals surface area contributed by atoms with Crippen LogP contribution in [-0.2, 0) is 27.9 Å². The lowest BCUT2D eigenvalue weighted by Gasteiger charge is -2.13. The van der Waals surface area contributed by atoms with Crippen molar-refractivity contribution in [2.24, 2.45) is 7.05 Å². The van der Waals surface area contributed by atoms with E-state index in [1.807, 2.05) is 13.8 Å². The first-order chi connectivity index (χ1) is 9.10. The Bertz CT molecular complexity index is 403. The van der Waals surface area contributed by atoms with Crippen molar-refractivity contribution in [3.63, 3.8) is 0 Å². The van der Waals surface area contributed by atoms with Gasteiger partial charge >= 0.3 is 5.97 Å². The van der Waals surface area contributed by atoms with E-state index < -0.39 is 0 Å². The number of rotatable bonds is 8. The molecule has 0 radical (unpaired) electrons. The summed E-state index contributed by atoms with van der Waals surface area (Å²) < 4.78 is 17.5. The first-order valence-electron chi connectivity index (χ1n) is 6.47. The number of esters is 1. The Labute approximate surface area is 113 Å². The predicted molar refractivity (Wildman–Crippen MR) is 69.9 cm³/mol. The second-order valence-electron chi connectivity index (χ2n) is 4.13. The van der Waals surface area contributed by atoms with Crippen LogP contribution in [0.15, 0.2) is 6.20 Å². The van der Waals surface area contributed by atoms with E-state index in [-0.39, 0.29) is 12.1 Å². The van der Waals surface area contributed by atoms with Gasteiger partial charge in [0, 0.05) is 13.7 Å². The van der Waals surface area contributed by atoms with Crippen molar-refractivity contribution < 1.29 is 19.0 Å². The van der Waals surface area contributed by atoms with Crippen LogP contribution in [0.1, 0.15) is 36.8 Å². The lowest BCUT2D eigenvalue weighted by molar-refractivity contribution is -0.0140. The van der Waals surface area contributed by atoms with E-state index in [0.29, 0.717) is 37.7 Å². The van der Waals surface area contributed by atoms with Crippen molar-refractivity contribution in [2.75, 3.05) is 19.8 Å². The number of nitrogens with zero attached hydrogens (tertiary/aromatic N) is 2. The molecule has 6 heteroatoms. The van der Waals surface area contributed by atoms with E-state index in [0.717, 1.165) is 0 Å². The van der Waals surface area contributed by atoms with Crippen molar-refractivity contribution in [1.29, 1.82) is 0 Å². The average Bonchev–Trinajstić information content (AvgIpc) is 2.75. The number of aromatic nitrogens is 2. The molecule has 1 rings (SSSR count). The molecule has 0 saturated carbocycles. The van der Waals surface area contributed by atoms with Gasteiger partial charge in [0.05, 0.1) is 37.8 Å². The molecule has 0 aliphatic heterocycles. The fourth-order valence-electron chi connectivity index (χ4n) is 1.57. The maximum absolute atomic E-state index is 11.7. The smallest absolute Gasteiger partial charge is 0.341 e. The second kappa shape index (κ2) is 7.91. The van der Waals surface area contributed by atoms with Crippen molar-refractivity contribution in [1.82, 2.24) is 9.78 Å². The third kappa shape index (κ3) is 4.65. The second-order valence-corrected chi connectivity index (χ2v) is 4.13. The maximum Gasteiger partial charge on any atom is 0.341 e. The summed E-state index contributed by atoms with van der Waals surface area (Å²) in [5.41, 5.74) is 1.16. The maximum atomic E-state index is 11.7. The minimum atomic E-state index is -0.369. The molecule has 0 spiro atoms. The van der Waals surface area contributed by atoms with E-state index in [4.69, 9.17) is 14.2 Å². The minimum absolute atomic E-state index is 0.0371. The number of ether oxygens (including phenoxy) is 3. The molecule has 1 heterocycles. The van der Waals surface area contributed by atoms with Gasteiger partial charge in [0.1, 0.15) is 5.56 Å². The van der Waals surface area contributed by atoms with Crippen LogP contribution in [0.4, 0.5) is 0 Å². The summed E-state index contributed by atoms with van der Waals surface area (Å²) in [5.74, 6) is -0.369. The van der Waals surface area contributed by atoms with E-state index in [2.05, 4.69) is 5.10 Å².